The summed E-state index contributed by atoms with van der Waals surface area (Å²) < 4.78 is 12.1. The van der Waals surface area contributed by atoms with Crippen molar-refractivity contribution >= 4 is 23.4 Å². The molecule has 3 aliphatic rings. The van der Waals surface area contributed by atoms with Gasteiger partial charge in [-0.1, -0.05) is 6.07 Å². The van der Waals surface area contributed by atoms with Gasteiger partial charge in [0.05, 0.1) is 12.0 Å². The van der Waals surface area contributed by atoms with Crippen LogP contribution < -0.4 is 14.4 Å². The number of benzene rings is 1. The highest BCUT2D eigenvalue weighted by Gasteiger charge is 2.43. The molecule has 0 saturated carbocycles. The number of fused-ring (bicyclic) bond motifs is 1. The highest BCUT2D eigenvalue weighted by Crippen LogP contribution is 2.40. The fraction of sp³-hybridized carbons (Fsp3) is 0.462. The summed E-state index contributed by atoms with van der Waals surface area (Å²) in [5.41, 5.74) is -0.0495. The van der Waals surface area contributed by atoms with Crippen molar-refractivity contribution in [3.05, 3.63) is 48.2 Å². The number of rotatable bonds is 4. The minimum Gasteiger partial charge on any atom is -0.486 e. The molecule has 2 saturated heterocycles. The Hall–Kier alpha value is -3.62. The van der Waals surface area contributed by atoms with Crippen molar-refractivity contribution in [2.24, 2.45) is 0 Å². The highest BCUT2D eigenvalue weighted by molar-refractivity contribution is 6.00. The van der Waals surface area contributed by atoms with Gasteiger partial charge in [0.25, 0.3) is 5.91 Å². The van der Waals surface area contributed by atoms with Gasteiger partial charge in [-0.15, -0.1) is 0 Å². The van der Waals surface area contributed by atoms with E-state index in [0.717, 1.165) is 18.9 Å². The molecule has 5 rings (SSSR count). The number of Topliss-reactive ketones (excluding diaryl/α,β-unsaturated/α-hetero) is 1. The van der Waals surface area contributed by atoms with E-state index < -0.39 is 5.60 Å². The predicted octanol–water partition coefficient (Wildman–Crippen LogP) is 2.16. The first-order chi connectivity index (χ1) is 16.9. The molecule has 0 atom stereocenters. The third-order valence-electron chi connectivity index (χ3n) is 7.15. The summed E-state index contributed by atoms with van der Waals surface area (Å²) in [5.74, 6) is 1.91. The number of carbonyl (C=O) groups is 3. The van der Waals surface area contributed by atoms with Gasteiger partial charge < -0.3 is 24.2 Å². The highest BCUT2D eigenvalue weighted by atomic mass is 16.5. The van der Waals surface area contributed by atoms with Crippen LogP contribution in [0, 0.1) is 0 Å². The lowest BCUT2D eigenvalue weighted by molar-refractivity contribution is -0.134. The average Bonchev–Trinajstić information content (AvgIpc) is 2.88. The summed E-state index contributed by atoms with van der Waals surface area (Å²) in [6, 6.07) is 10.9. The maximum atomic E-state index is 12.8. The molecular weight excluding hydrogens is 448 g/mol. The molecule has 1 aromatic carbocycles. The van der Waals surface area contributed by atoms with Crippen molar-refractivity contribution in [2.75, 3.05) is 50.8 Å². The van der Waals surface area contributed by atoms with Crippen LogP contribution in [0.3, 0.4) is 0 Å². The number of ether oxygens (including phenoxy) is 2. The number of ketones is 1. The molecule has 3 aliphatic heterocycles. The SMILES string of the molecule is CC(=O)N1CCC2(CC1)CC(=O)c1ccc(OCC(=O)N3CCN(c4ccccn4)CC3)cc1O2. The largest absolute Gasteiger partial charge is 0.486 e. The van der Waals surface area contributed by atoms with Gasteiger partial charge in [-0.05, 0) is 24.3 Å². The molecule has 2 amide bonds. The van der Waals surface area contributed by atoms with Crippen LogP contribution in [-0.2, 0) is 9.59 Å². The van der Waals surface area contributed by atoms with Gasteiger partial charge in [-0.2, -0.15) is 0 Å². The minimum atomic E-state index is -0.586. The Kier molecular flexibility index (Phi) is 6.32. The van der Waals surface area contributed by atoms with Crippen LogP contribution in [0.25, 0.3) is 0 Å². The Morgan fingerprint density at radius 3 is 2.49 bits per heavy atom. The Balaban J connectivity index is 1.17. The zero-order valence-corrected chi connectivity index (χ0v) is 19.9. The first kappa shape index (κ1) is 23.1. The number of aromatic nitrogens is 1. The molecule has 35 heavy (non-hydrogen) atoms. The third-order valence-corrected chi connectivity index (χ3v) is 7.15. The summed E-state index contributed by atoms with van der Waals surface area (Å²) in [6.07, 6.45) is 3.32. The first-order valence-corrected chi connectivity index (χ1v) is 12.1. The number of likely N-dealkylation sites (tertiary alicyclic amines) is 1. The van der Waals surface area contributed by atoms with Gasteiger partial charge in [-0.25, -0.2) is 4.98 Å². The van der Waals surface area contributed by atoms with Crippen molar-refractivity contribution < 1.29 is 23.9 Å². The number of piperidine rings is 1. The number of nitrogens with zero attached hydrogens (tertiary/aromatic N) is 4. The molecule has 4 heterocycles. The van der Waals surface area contributed by atoms with E-state index in [9.17, 15) is 14.4 Å². The first-order valence-electron chi connectivity index (χ1n) is 12.1. The Labute approximate surface area is 204 Å². The van der Waals surface area contributed by atoms with Gasteiger partial charge in [0.15, 0.2) is 12.4 Å². The Morgan fingerprint density at radius 2 is 1.80 bits per heavy atom. The fourth-order valence-corrected chi connectivity index (χ4v) is 5.03. The van der Waals surface area contributed by atoms with Crippen molar-refractivity contribution in [3.63, 3.8) is 0 Å². The second-order valence-electron chi connectivity index (χ2n) is 9.39. The molecule has 0 unspecified atom stereocenters. The van der Waals surface area contributed by atoms with E-state index in [4.69, 9.17) is 9.47 Å². The summed E-state index contributed by atoms with van der Waals surface area (Å²) >= 11 is 0. The zero-order valence-electron chi connectivity index (χ0n) is 19.9. The van der Waals surface area contributed by atoms with E-state index in [1.807, 2.05) is 18.2 Å². The normalized spacial score (nSPS) is 19.2. The number of piperazine rings is 1. The van der Waals surface area contributed by atoms with E-state index in [1.54, 1.807) is 41.1 Å². The summed E-state index contributed by atoms with van der Waals surface area (Å²) in [6.45, 7) is 5.31. The van der Waals surface area contributed by atoms with E-state index in [0.29, 0.717) is 62.5 Å². The maximum Gasteiger partial charge on any atom is 0.260 e. The van der Waals surface area contributed by atoms with Crippen molar-refractivity contribution in [3.8, 4) is 11.5 Å². The second kappa shape index (κ2) is 9.56. The molecule has 2 fully saturated rings. The molecule has 1 aromatic heterocycles. The zero-order chi connectivity index (χ0) is 24.4. The topological polar surface area (TPSA) is 92.3 Å². The second-order valence-corrected chi connectivity index (χ2v) is 9.39. The van der Waals surface area contributed by atoms with Crippen LogP contribution in [-0.4, -0.2) is 83.9 Å². The minimum absolute atomic E-state index is 0.0379. The molecule has 9 heteroatoms. The fourth-order valence-electron chi connectivity index (χ4n) is 5.03. The van der Waals surface area contributed by atoms with Crippen LogP contribution in [0.1, 0.15) is 36.5 Å². The summed E-state index contributed by atoms with van der Waals surface area (Å²) in [7, 11) is 0. The monoisotopic (exact) mass is 478 g/mol. The smallest absolute Gasteiger partial charge is 0.260 e. The van der Waals surface area contributed by atoms with Crippen molar-refractivity contribution in [1.82, 2.24) is 14.8 Å². The van der Waals surface area contributed by atoms with E-state index in [-0.39, 0.29) is 24.2 Å². The van der Waals surface area contributed by atoms with Gasteiger partial charge in [0, 0.05) is 71.3 Å². The molecular formula is C26H30N4O5. The van der Waals surface area contributed by atoms with E-state index >= 15 is 0 Å². The lowest BCUT2D eigenvalue weighted by Crippen LogP contribution is -2.51. The molecule has 0 radical (unpaired) electrons. The number of carbonyl (C=O) groups excluding carboxylic acids is 3. The molecule has 1 spiro atoms. The number of hydrogen-bond donors (Lipinski definition) is 0. The van der Waals surface area contributed by atoms with Crippen LogP contribution in [0.5, 0.6) is 11.5 Å². The number of anilines is 1. The van der Waals surface area contributed by atoms with Crippen molar-refractivity contribution in [1.29, 1.82) is 0 Å². The quantitative estimate of drug-likeness (QED) is 0.665. The van der Waals surface area contributed by atoms with Gasteiger partial charge in [0.1, 0.15) is 22.9 Å². The van der Waals surface area contributed by atoms with E-state index in [2.05, 4.69) is 9.88 Å². The van der Waals surface area contributed by atoms with Crippen LogP contribution in [0.15, 0.2) is 42.6 Å². The van der Waals surface area contributed by atoms with Crippen molar-refractivity contribution in [2.45, 2.75) is 31.8 Å². The molecule has 184 valence electrons. The Bertz CT molecular complexity index is 1110. The van der Waals surface area contributed by atoms with Crippen LogP contribution in [0.4, 0.5) is 5.82 Å². The maximum absolute atomic E-state index is 12.8. The molecule has 2 aromatic rings. The number of pyridine rings is 1. The lowest BCUT2D eigenvalue weighted by Gasteiger charge is -2.43. The number of amides is 2. The average molecular weight is 479 g/mol. The van der Waals surface area contributed by atoms with Gasteiger partial charge in [-0.3, -0.25) is 14.4 Å². The van der Waals surface area contributed by atoms with Gasteiger partial charge >= 0.3 is 0 Å². The van der Waals surface area contributed by atoms with Gasteiger partial charge in [0.2, 0.25) is 5.91 Å². The van der Waals surface area contributed by atoms with Crippen LogP contribution in [0.2, 0.25) is 0 Å². The molecule has 0 bridgehead atoms. The summed E-state index contributed by atoms with van der Waals surface area (Å²) in [4.78, 5) is 47.3. The standard InChI is InChI=1S/C26H30N4O5/c1-19(31)28-10-7-26(8-11-28)17-22(32)21-6-5-20(16-23(21)35-26)34-18-25(33)30-14-12-29(13-15-30)24-4-2-3-9-27-24/h2-6,9,16H,7-8,10-15,17-18H2,1H3. The molecule has 0 N–H and O–H groups in total. The lowest BCUT2D eigenvalue weighted by atomic mass is 9.82. The van der Waals surface area contributed by atoms with E-state index in [1.165, 1.54) is 0 Å². The molecule has 0 aliphatic carbocycles. The predicted molar refractivity (Wildman–Crippen MR) is 129 cm³/mol. The summed E-state index contributed by atoms with van der Waals surface area (Å²) in [5, 5.41) is 0. The third kappa shape index (κ3) is 4.94. The number of hydrogen-bond acceptors (Lipinski definition) is 7. The molecule has 9 nitrogen and oxygen atoms in total. The Morgan fingerprint density at radius 1 is 1.03 bits per heavy atom. The van der Waals surface area contributed by atoms with Crippen LogP contribution >= 0.6 is 0 Å².